The molecule has 2 atom stereocenters. The van der Waals surface area contributed by atoms with Gasteiger partial charge in [-0.1, -0.05) is 6.07 Å². The number of hydrogen-bond donors (Lipinski definition) is 0. The van der Waals surface area contributed by atoms with Gasteiger partial charge in [0.25, 0.3) is 5.91 Å². The molecule has 5 heterocycles. The van der Waals surface area contributed by atoms with Gasteiger partial charge in [-0.2, -0.15) is 0 Å². The average Bonchev–Trinajstić information content (AvgIpc) is 3.42. The van der Waals surface area contributed by atoms with Gasteiger partial charge in [0.05, 0.1) is 16.8 Å². The van der Waals surface area contributed by atoms with Crippen LogP contribution in [-0.2, 0) is 0 Å². The molecule has 0 unspecified atom stereocenters. The molecule has 3 aromatic heterocycles. The number of aromatic nitrogens is 2. The van der Waals surface area contributed by atoms with Crippen molar-refractivity contribution in [3.05, 3.63) is 52.4 Å². The van der Waals surface area contributed by atoms with Gasteiger partial charge in [0, 0.05) is 36.5 Å². The van der Waals surface area contributed by atoms with Crippen molar-refractivity contribution in [3.63, 3.8) is 0 Å². The molecule has 0 saturated carbocycles. The fourth-order valence-electron chi connectivity index (χ4n) is 4.18. The van der Waals surface area contributed by atoms with Crippen LogP contribution in [0, 0.1) is 0 Å². The Morgan fingerprint density at radius 1 is 1.15 bits per heavy atom. The van der Waals surface area contributed by atoms with Crippen molar-refractivity contribution >= 4 is 28.6 Å². The third-order valence-corrected chi connectivity index (χ3v) is 7.04. The minimum Gasteiger partial charge on any atom is -0.489 e. The number of carbonyl (C=O) groups is 1. The number of hydrogen-bond acceptors (Lipinski definition) is 6. The summed E-state index contributed by atoms with van der Waals surface area (Å²) in [6.45, 7) is 0. The Bertz CT molecular complexity index is 912. The van der Waals surface area contributed by atoms with Crippen molar-refractivity contribution in [3.8, 4) is 16.3 Å². The van der Waals surface area contributed by atoms with E-state index in [9.17, 15) is 4.79 Å². The summed E-state index contributed by atoms with van der Waals surface area (Å²) in [5, 5.41) is 4.62. The summed E-state index contributed by atoms with van der Waals surface area (Å²) in [6.07, 6.45) is 7.49. The number of amides is 1. The summed E-state index contributed by atoms with van der Waals surface area (Å²) >= 11 is 3.10. The monoisotopic (exact) mass is 397 g/mol. The number of thiophene rings is 1. The minimum atomic E-state index is 0.0788. The van der Waals surface area contributed by atoms with Crippen molar-refractivity contribution in [2.75, 3.05) is 0 Å². The third-order valence-electron chi connectivity index (χ3n) is 5.32. The number of pyridine rings is 1. The number of rotatable bonds is 4. The molecule has 2 fully saturated rings. The number of thiazole rings is 1. The summed E-state index contributed by atoms with van der Waals surface area (Å²) in [7, 11) is 0. The lowest BCUT2D eigenvalue weighted by Crippen LogP contribution is -2.49. The summed E-state index contributed by atoms with van der Waals surface area (Å²) in [5.41, 5.74) is 0.903. The van der Waals surface area contributed by atoms with Crippen molar-refractivity contribution in [1.82, 2.24) is 14.9 Å². The van der Waals surface area contributed by atoms with Gasteiger partial charge in [-0.3, -0.25) is 9.78 Å². The van der Waals surface area contributed by atoms with Crippen LogP contribution in [0.25, 0.3) is 10.6 Å². The van der Waals surface area contributed by atoms with Gasteiger partial charge in [-0.15, -0.1) is 22.7 Å². The average molecular weight is 398 g/mol. The molecule has 27 heavy (non-hydrogen) atoms. The normalized spacial score (nSPS) is 24.1. The van der Waals surface area contributed by atoms with Gasteiger partial charge in [-0.05, 0) is 36.4 Å². The Morgan fingerprint density at radius 3 is 2.70 bits per heavy atom. The molecule has 1 amide bonds. The topological polar surface area (TPSA) is 55.3 Å². The lowest BCUT2D eigenvalue weighted by atomic mass is 9.99. The molecule has 3 aromatic rings. The number of ether oxygens (including phenoxy) is 1. The molecule has 5 nitrogen and oxygen atoms in total. The first-order chi connectivity index (χ1) is 13.3. The number of piperidine rings is 1. The second-order valence-electron chi connectivity index (χ2n) is 7.01. The van der Waals surface area contributed by atoms with Crippen LogP contribution in [0.2, 0.25) is 0 Å². The van der Waals surface area contributed by atoms with E-state index >= 15 is 0 Å². The third kappa shape index (κ3) is 3.26. The summed E-state index contributed by atoms with van der Waals surface area (Å²) in [6, 6.07) is 8.36. The van der Waals surface area contributed by atoms with Crippen LogP contribution < -0.4 is 4.74 Å². The summed E-state index contributed by atoms with van der Waals surface area (Å²) < 4.78 is 6.11. The molecular formula is C20H19N3O2S2. The first-order valence-electron chi connectivity index (χ1n) is 9.16. The highest BCUT2D eigenvalue weighted by molar-refractivity contribution is 7.15. The van der Waals surface area contributed by atoms with Crippen LogP contribution >= 0.6 is 22.7 Å². The molecule has 0 N–H and O–H groups in total. The molecule has 7 heteroatoms. The minimum absolute atomic E-state index is 0.0788. The van der Waals surface area contributed by atoms with E-state index in [0.717, 1.165) is 42.0 Å². The van der Waals surface area contributed by atoms with E-state index in [2.05, 4.69) is 14.9 Å². The zero-order valence-electron chi connectivity index (χ0n) is 14.7. The SMILES string of the molecule is O=C(c1nc(-c2cccs2)cs1)N1[C@H]2CC[C@H]1CC(Oc1cccnc1)C2. The van der Waals surface area contributed by atoms with E-state index in [1.54, 1.807) is 23.7 Å². The quantitative estimate of drug-likeness (QED) is 0.651. The Morgan fingerprint density at radius 2 is 2.00 bits per heavy atom. The van der Waals surface area contributed by atoms with Crippen molar-refractivity contribution < 1.29 is 9.53 Å². The number of fused-ring (bicyclic) bond motifs is 2. The number of carbonyl (C=O) groups excluding carboxylic acids is 1. The van der Waals surface area contributed by atoms with Crippen molar-refractivity contribution in [2.45, 2.75) is 43.9 Å². The van der Waals surface area contributed by atoms with Gasteiger partial charge >= 0.3 is 0 Å². The van der Waals surface area contributed by atoms with Gasteiger partial charge in [0.15, 0.2) is 5.01 Å². The maximum atomic E-state index is 13.1. The predicted octanol–water partition coefficient (Wildman–Crippen LogP) is 4.48. The molecule has 2 bridgehead atoms. The standard InChI is InChI=1S/C20H19N3O2S2/c24-20(19-22-17(12-27-19)18-4-2-8-26-18)23-13-5-6-14(23)10-16(9-13)25-15-3-1-7-21-11-15/h1-4,7-8,11-14,16H,5-6,9-10H2/t13-,14-/m0/s1. The van der Waals surface area contributed by atoms with Crippen molar-refractivity contribution in [2.24, 2.45) is 0 Å². The zero-order valence-corrected chi connectivity index (χ0v) is 16.3. The summed E-state index contributed by atoms with van der Waals surface area (Å²) in [5.74, 6) is 0.886. The second-order valence-corrected chi connectivity index (χ2v) is 8.82. The lowest BCUT2D eigenvalue weighted by Gasteiger charge is -2.38. The highest BCUT2D eigenvalue weighted by Gasteiger charge is 2.44. The number of nitrogens with zero attached hydrogens (tertiary/aromatic N) is 3. The first kappa shape index (κ1) is 16.9. The fraction of sp³-hybridized carbons (Fsp3) is 0.350. The molecule has 5 rings (SSSR count). The summed E-state index contributed by atoms with van der Waals surface area (Å²) in [4.78, 5) is 25.0. The van der Waals surface area contributed by atoms with Crippen LogP contribution in [0.4, 0.5) is 0 Å². The highest BCUT2D eigenvalue weighted by Crippen LogP contribution is 2.39. The molecule has 2 aliphatic rings. The van der Waals surface area contributed by atoms with Crippen LogP contribution in [0.1, 0.15) is 35.5 Å². The molecule has 138 valence electrons. The van der Waals surface area contributed by atoms with Crippen LogP contribution in [0.15, 0.2) is 47.4 Å². The molecule has 0 spiro atoms. The maximum absolute atomic E-state index is 13.1. The van der Waals surface area contributed by atoms with Gasteiger partial charge in [0.2, 0.25) is 0 Å². The second kappa shape index (κ2) is 7.05. The van der Waals surface area contributed by atoms with Crippen molar-refractivity contribution in [1.29, 1.82) is 0 Å². The van der Waals surface area contributed by atoms with Crippen LogP contribution in [-0.4, -0.2) is 39.0 Å². The van der Waals surface area contributed by atoms with Crippen LogP contribution in [0.5, 0.6) is 5.75 Å². The van der Waals surface area contributed by atoms with E-state index in [0.29, 0.717) is 5.01 Å². The maximum Gasteiger partial charge on any atom is 0.283 e. The van der Waals surface area contributed by atoms with E-state index in [-0.39, 0.29) is 24.1 Å². The predicted molar refractivity (Wildman–Crippen MR) is 106 cm³/mol. The van der Waals surface area contributed by atoms with E-state index in [1.165, 1.54) is 11.3 Å². The Hall–Kier alpha value is -2.25. The highest BCUT2D eigenvalue weighted by atomic mass is 32.1. The molecule has 2 saturated heterocycles. The smallest absolute Gasteiger partial charge is 0.283 e. The molecule has 0 radical (unpaired) electrons. The Kier molecular flexibility index (Phi) is 4.41. The van der Waals surface area contributed by atoms with Gasteiger partial charge in [-0.25, -0.2) is 4.98 Å². The molecule has 0 aliphatic carbocycles. The largest absolute Gasteiger partial charge is 0.489 e. The van der Waals surface area contributed by atoms with E-state index in [1.807, 2.05) is 35.0 Å². The van der Waals surface area contributed by atoms with Gasteiger partial charge in [0.1, 0.15) is 11.9 Å². The molecule has 2 aliphatic heterocycles. The Balaban J connectivity index is 1.30. The van der Waals surface area contributed by atoms with Crippen LogP contribution in [0.3, 0.4) is 0 Å². The lowest BCUT2D eigenvalue weighted by molar-refractivity contribution is 0.0358. The molecule has 0 aromatic carbocycles. The van der Waals surface area contributed by atoms with E-state index < -0.39 is 0 Å². The van der Waals surface area contributed by atoms with Gasteiger partial charge < -0.3 is 9.64 Å². The fourth-order valence-corrected chi connectivity index (χ4v) is 5.71. The first-order valence-corrected chi connectivity index (χ1v) is 10.9. The molecular weight excluding hydrogens is 378 g/mol. The Labute approximate surface area is 165 Å². The zero-order chi connectivity index (χ0) is 18.2. The van der Waals surface area contributed by atoms with E-state index in [4.69, 9.17) is 4.74 Å².